The van der Waals surface area contributed by atoms with Crippen LogP contribution in [0.5, 0.6) is 5.88 Å². The number of unbranched alkanes of at least 4 members (excludes halogenated alkanes) is 1. The summed E-state index contributed by atoms with van der Waals surface area (Å²) < 4.78 is 5.19. The maximum absolute atomic E-state index is 13.2. The van der Waals surface area contributed by atoms with Crippen molar-refractivity contribution in [2.75, 3.05) is 12.0 Å². The Bertz CT molecular complexity index is 1080. The van der Waals surface area contributed by atoms with Crippen LogP contribution in [-0.4, -0.2) is 28.8 Å². The number of fused-ring (bicyclic) bond motifs is 2. The molecule has 6 heteroatoms. The molecule has 1 aromatic carbocycles. The number of carbonyl (C=O) groups is 2. The fourth-order valence-electron chi connectivity index (χ4n) is 3.77. The van der Waals surface area contributed by atoms with Gasteiger partial charge in [-0.25, -0.2) is 4.98 Å². The highest BCUT2D eigenvalue weighted by molar-refractivity contribution is 6.11. The van der Waals surface area contributed by atoms with Crippen molar-refractivity contribution in [2.45, 2.75) is 38.6 Å². The Hall–Kier alpha value is -3.28. The van der Waals surface area contributed by atoms with E-state index in [2.05, 4.69) is 16.9 Å². The van der Waals surface area contributed by atoms with Crippen molar-refractivity contribution < 1.29 is 14.3 Å². The molecule has 0 N–H and O–H groups in total. The molecule has 148 valence electrons. The van der Waals surface area contributed by atoms with Crippen LogP contribution < -0.4 is 9.64 Å². The van der Waals surface area contributed by atoms with Crippen molar-refractivity contribution in [3.8, 4) is 5.88 Å². The number of methoxy groups -OCH3 is 1. The molecule has 0 bridgehead atoms. The molecule has 3 heterocycles. The van der Waals surface area contributed by atoms with Crippen molar-refractivity contribution in [3.63, 3.8) is 0 Å². The molecule has 0 fully saturated rings. The Balaban J connectivity index is 1.74. The Morgan fingerprint density at radius 2 is 1.90 bits per heavy atom. The lowest BCUT2D eigenvalue weighted by Crippen LogP contribution is -2.30. The third-order valence-electron chi connectivity index (χ3n) is 5.28. The van der Waals surface area contributed by atoms with Crippen molar-refractivity contribution in [2.24, 2.45) is 0 Å². The number of hydrogen-bond acceptors (Lipinski definition) is 5. The van der Waals surface area contributed by atoms with E-state index in [4.69, 9.17) is 4.74 Å². The fourth-order valence-corrected chi connectivity index (χ4v) is 3.77. The average molecular weight is 389 g/mol. The molecule has 0 radical (unpaired) electrons. The maximum atomic E-state index is 13.2. The maximum Gasteiger partial charge on any atom is 0.260 e. The van der Waals surface area contributed by atoms with Crippen LogP contribution >= 0.6 is 0 Å². The van der Waals surface area contributed by atoms with Crippen molar-refractivity contribution in [1.82, 2.24) is 9.97 Å². The van der Waals surface area contributed by atoms with Gasteiger partial charge in [-0.05, 0) is 36.2 Å². The standard InChI is InChI=1S/C23H23N3O3/c1-3-4-7-16(27)14-19-17-8-5-6-9-18(17)23(28)26(19)20-12-10-15-11-13-21(29-2)25-22(15)24-20/h5-6,8-13,19H,3-4,7,14H2,1-2H3. The lowest BCUT2D eigenvalue weighted by Gasteiger charge is -2.24. The number of benzene rings is 1. The molecule has 1 aliphatic rings. The molecule has 1 aliphatic heterocycles. The first-order chi connectivity index (χ1) is 14.1. The normalized spacial score (nSPS) is 15.6. The van der Waals surface area contributed by atoms with Gasteiger partial charge >= 0.3 is 0 Å². The Morgan fingerprint density at radius 3 is 2.69 bits per heavy atom. The Morgan fingerprint density at radius 1 is 1.10 bits per heavy atom. The first-order valence-electron chi connectivity index (χ1n) is 9.88. The van der Waals surface area contributed by atoms with Crippen molar-refractivity contribution in [1.29, 1.82) is 0 Å². The molecule has 3 aromatic rings. The third kappa shape index (κ3) is 3.58. The first-order valence-corrected chi connectivity index (χ1v) is 9.88. The molecule has 6 nitrogen and oxygen atoms in total. The number of nitrogens with zero attached hydrogens (tertiary/aromatic N) is 3. The van der Waals surface area contributed by atoms with Crippen LogP contribution in [0.2, 0.25) is 0 Å². The molecule has 1 amide bonds. The van der Waals surface area contributed by atoms with Gasteiger partial charge in [0.2, 0.25) is 5.88 Å². The molecular weight excluding hydrogens is 366 g/mol. The van der Waals surface area contributed by atoms with E-state index in [-0.39, 0.29) is 24.2 Å². The summed E-state index contributed by atoms with van der Waals surface area (Å²) in [6, 6.07) is 14.5. The number of pyridine rings is 2. The van der Waals surface area contributed by atoms with Crippen LogP contribution in [0.3, 0.4) is 0 Å². The average Bonchev–Trinajstić information content (AvgIpc) is 3.03. The number of Topliss-reactive ketones (excluding diaryl/α,β-unsaturated/α-hetero) is 1. The summed E-state index contributed by atoms with van der Waals surface area (Å²) in [6.45, 7) is 2.06. The van der Waals surface area contributed by atoms with Gasteiger partial charge in [-0.15, -0.1) is 0 Å². The van der Waals surface area contributed by atoms with Crippen LogP contribution in [0.1, 0.15) is 54.6 Å². The zero-order valence-corrected chi connectivity index (χ0v) is 16.6. The number of ketones is 1. The molecule has 4 rings (SSSR count). The number of carbonyl (C=O) groups excluding carboxylic acids is 2. The second kappa shape index (κ2) is 7.99. The minimum absolute atomic E-state index is 0.136. The van der Waals surface area contributed by atoms with E-state index >= 15 is 0 Å². The zero-order chi connectivity index (χ0) is 20.4. The van der Waals surface area contributed by atoms with Gasteiger partial charge in [0, 0.05) is 29.9 Å². The Labute approximate surface area is 169 Å². The van der Waals surface area contributed by atoms with E-state index in [1.165, 1.54) is 0 Å². The molecule has 2 aromatic heterocycles. The van der Waals surface area contributed by atoms with Crippen LogP contribution in [-0.2, 0) is 4.79 Å². The predicted molar refractivity (Wildman–Crippen MR) is 111 cm³/mol. The monoisotopic (exact) mass is 389 g/mol. The first kappa shape index (κ1) is 19.1. The molecule has 1 unspecified atom stereocenters. The van der Waals surface area contributed by atoms with Gasteiger partial charge < -0.3 is 4.74 Å². The molecule has 0 spiro atoms. The van der Waals surface area contributed by atoms with Crippen LogP contribution in [0.25, 0.3) is 11.0 Å². The van der Waals surface area contributed by atoms with E-state index in [0.717, 1.165) is 23.8 Å². The zero-order valence-electron chi connectivity index (χ0n) is 16.6. The summed E-state index contributed by atoms with van der Waals surface area (Å²) in [4.78, 5) is 36.4. The van der Waals surface area contributed by atoms with Gasteiger partial charge in [0.1, 0.15) is 11.6 Å². The highest BCUT2D eigenvalue weighted by atomic mass is 16.5. The van der Waals surface area contributed by atoms with Crippen LogP contribution in [0, 0.1) is 0 Å². The number of amides is 1. The SMILES string of the molecule is CCCCC(=O)CC1c2ccccc2C(=O)N1c1ccc2ccc(OC)nc2n1. The van der Waals surface area contributed by atoms with E-state index < -0.39 is 0 Å². The summed E-state index contributed by atoms with van der Waals surface area (Å²) in [5, 5.41) is 0.856. The predicted octanol–water partition coefficient (Wildman–Crippen LogP) is 4.49. The molecule has 29 heavy (non-hydrogen) atoms. The summed E-state index contributed by atoms with van der Waals surface area (Å²) in [6.07, 6.45) is 2.64. The molecule has 0 aliphatic carbocycles. The van der Waals surface area contributed by atoms with E-state index in [1.807, 2.05) is 42.5 Å². The van der Waals surface area contributed by atoms with Gasteiger partial charge in [0.15, 0.2) is 5.65 Å². The Kier molecular flexibility index (Phi) is 5.25. The number of hydrogen-bond donors (Lipinski definition) is 0. The quantitative estimate of drug-likeness (QED) is 0.595. The van der Waals surface area contributed by atoms with Gasteiger partial charge in [0.05, 0.1) is 13.2 Å². The lowest BCUT2D eigenvalue weighted by atomic mass is 9.98. The van der Waals surface area contributed by atoms with Crippen LogP contribution in [0.15, 0.2) is 48.5 Å². The minimum atomic E-state index is -0.349. The lowest BCUT2D eigenvalue weighted by molar-refractivity contribution is -0.119. The van der Waals surface area contributed by atoms with E-state index in [1.54, 1.807) is 18.1 Å². The minimum Gasteiger partial charge on any atom is -0.481 e. The third-order valence-corrected chi connectivity index (χ3v) is 5.28. The van der Waals surface area contributed by atoms with Crippen molar-refractivity contribution >= 4 is 28.5 Å². The van der Waals surface area contributed by atoms with E-state index in [0.29, 0.717) is 29.3 Å². The topological polar surface area (TPSA) is 72.4 Å². The number of aromatic nitrogens is 2. The number of rotatable bonds is 7. The molecule has 1 atom stereocenters. The number of anilines is 1. The summed E-state index contributed by atoms with van der Waals surface area (Å²) in [5.74, 6) is 0.979. The molecule has 0 saturated carbocycles. The van der Waals surface area contributed by atoms with E-state index in [9.17, 15) is 9.59 Å². The smallest absolute Gasteiger partial charge is 0.260 e. The largest absolute Gasteiger partial charge is 0.481 e. The second-order valence-electron chi connectivity index (χ2n) is 7.19. The highest BCUT2D eigenvalue weighted by Crippen LogP contribution is 2.39. The second-order valence-corrected chi connectivity index (χ2v) is 7.19. The van der Waals surface area contributed by atoms with Gasteiger partial charge in [-0.3, -0.25) is 14.5 Å². The van der Waals surface area contributed by atoms with Gasteiger partial charge in [-0.2, -0.15) is 4.98 Å². The highest BCUT2D eigenvalue weighted by Gasteiger charge is 2.39. The molecular formula is C23H23N3O3. The summed E-state index contributed by atoms with van der Waals surface area (Å²) in [7, 11) is 1.55. The van der Waals surface area contributed by atoms with Gasteiger partial charge in [-0.1, -0.05) is 31.5 Å². The summed E-state index contributed by atoms with van der Waals surface area (Å²) in [5.41, 5.74) is 2.01. The summed E-state index contributed by atoms with van der Waals surface area (Å²) >= 11 is 0. The van der Waals surface area contributed by atoms with Crippen LogP contribution in [0.4, 0.5) is 5.82 Å². The van der Waals surface area contributed by atoms with Gasteiger partial charge in [0.25, 0.3) is 5.91 Å². The fraction of sp³-hybridized carbons (Fsp3) is 0.304. The van der Waals surface area contributed by atoms with Crippen molar-refractivity contribution in [3.05, 3.63) is 59.7 Å². The number of ether oxygens (including phenoxy) is 1. The molecule has 0 saturated heterocycles.